The molecule has 10 heavy (non-hydrogen) atoms. The van der Waals surface area contributed by atoms with Crippen molar-refractivity contribution >= 4 is 17.6 Å². The maximum atomic E-state index is 5.54. The van der Waals surface area contributed by atoms with Gasteiger partial charge in [-0.3, -0.25) is 0 Å². The molecule has 2 N–H and O–H groups in total. The molecule has 0 aliphatic carbocycles. The van der Waals surface area contributed by atoms with Gasteiger partial charge in [-0.25, -0.2) is 0 Å². The maximum Gasteiger partial charge on any atom is 0.147 e. The van der Waals surface area contributed by atoms with Crippen molar-refractivity contribution in [3.63, 3.8) is 0 Å². The predicted octanol–water partition coefficient (Wildman–Crippen LogP) is -0.437. The molecule has 1 heterocycles. The SMILES string of the molecule is NCCC[SiH]1CCCO[SiH2]1. The van der Waals surface area contributed by atoms with E-state index in [-0.39, 0.29) is 17.6 Å². The lowest BCUT2D eigenvalue weighted by Crippen LogP contribution is -2.30. The molecule has 60 valence electrons. The molecule has 1 aliphatic heterocycles. The Bertz CT molecular complexity index is 85.8. The third-order valence-corrected chi connectivity index (χ3v) is 10.1. The molecule has 0 radical (unpaired) electrons. The van der Waals surface area contributed by atoms with Gasteiger partial charge in [0.1, 0.15) is 9.28 Å². The second kappa shape index (κ2) is 5.06. The van der Waals surface area contributed by atoms with Crippen LogP contribution in [0.3, 0.4) is 0 Å². The lowest BCUT2D eigenvalue weighted by molar-refractivity contribution is 0.335. The quantitative estimate of drug-likeness (QED) is 0.591. The van der Waals surface area contributed by atoms with Gasteiger partial charge in [0.05, 0.1) is 8.31 Å². The first-order chi connectivity index (χ1) is 4.93. The number of hydrogen-bond acceptors (Lipinski definition) is 2. The molecule has 0 aromatic carbocycles. The van der Waals surface area contributed by atoms with Gasteiger partial charge in [0, 0.05) is 6.61 Å². The average Bonchev–Trinajstić information content (AvgIpc) is 2.03. The number of rotatable bonds is 3. The minimum Gasteiger partial charge on any atom is -0.428 e. The monoisotopic (exact) mass is 175 g/mol. The van der Waals surface area contributed by atoms with E-state index in [1.165, 1.54) is 18.9 Å². The fourth-order valence-corrected chi connectivity index (χ4v) is 8.56. The molecule has 1 rings (SSSR count). The highest BCUT2D eigenvalue weighted by molar-refractivity contribution is 7.10. The van der Waals surface area contributed by atoms with Gasteiger partial charge < -0.3 is 10.2 Å². The molecule has 2 nitrogen and oxygen atoms in total. The Morgan fingerprint density at radius 3 is 3.10 bits per heavy atom. The smallest absolute Gasteiger partial charge is 0.147 e. The molecule has 0 aromatic rings. The summed E-state index contributed by atoms with van der Waals surface area (Å²) in [5.74, 6) is 0. The van der Waals surface area contributed by atoms with Crippen LogP contribution < -0.4 is 5.73 Å². The average molecular weight is 175 g/mol. The number of nitrogens with two attached hydrogens (primary N) is 1. The van der Waals surface area contributed by atoms with Gasteiger partial charge in [0.25, 0.3) is 0 Å². The lowest BCUT2D eigenvalue weighted by atomic mass is 10.5. The Balaban J connectivity index is 2.02. The largest absolute Gasteiger partial charge is 0.428 e. The van der Waals surface area contributed by atoms with Gasteiger partial charge in [0.15, 0.2) is 0 Å². The minimum absolute atomic E-state index is 0.0145. The fourth-order valence-electron chi connectivity index (χ4n) is 1.44. The summed E-state index contributed by atoms with van der Waals surface area (Å²) in [7, 11) is -0.322. The molecule has 0 amide bonds. The third kappa shape index (κ3) is 2.96. The van der Waals surface area contributed by atoms with E-state index in [0.717, 1.165) is 13.2 Å². The molecule has 0 saturated carbocycles. The van der Waals surface area contributed by atoms with Crippen molar-refractivity contribution in [2.24, 2.45) is 5.73 Å². The second-order valence-corrected chi connectivity index (χ2v) is 11.1. The van der Waals surface area contributed by atoms with Crippen molar-refractivity contribution in [2.75, 3.05) is 13.2 Å². The summed E-state index contributed by atoms with van der Waals surface area (Å²) in [6.45, 7) is 1.95. The van der Waals surface area contributed by atoms with E-state index >= 15 is 0 Å². The fraction of sp³-hybridized carbons (Fsp3) is 1.00. The Kier molecular flexibility index (Phi) is 4.28. The molecule has 1 fully saturated rings. The topological polar surface area (TPSA) is 35.2 Å². The lowest BCUT2D eigenvalue weighted by Gasteiger charge is -2.19. The molecule has 0 bridgehead atoms. The first-order valence-corrected chi connectivity index (χ1v) is 9.69. The molecular formula is C6H17NOSi2. The Hall–Kier alpha value is 0.354. The van der Waals surface area contributed by atoms with Crippen molar-refractivity contribution in [3.05, 3.63) is 0 Å². The molecule has 1 atom stereocenters. The van der Waals surface area contributed by atoms with Crippen LogP contribution in [-0.4, -0.2) is 30.7 Å². The molecule has 0 spiro atoms. The highest BCUT2D eigenvalue weighted by atomic mass is 29.2. The van der Waals surface area contributed by atoms with Crippen molar-refractivity contribution in [2.45, 2.75) is 24.9 Å². The van der Waals surface area contributed by atoms with E-state index in [1.807, 2.05) is 0 Å². The Labute approximate surface area is 66.5 Å². The van der Waals surface area contributed by atoms with Gasteiger partial charge in [-0.05, 0) is 19.4 Å². The second-order valence-electron chi connectivity index (χ2n) is 3.01. The van der Waals surface area contributed by atoms with E-state index < -0.39 is 0 Å². The van der Waals surface area contributed by atoms with Crippen LogP contribution in [0.4, 0.5) is 0 Å². The van der Waals surface area contributed by atoms with Crippen molar-refractivity contribution < 1.29 is 4.43 Å². The number of hydrogen-bond donors (Lipinski definition) is 1. The molecule has 1 unspecified atom stereocenters. The van der Waals surface area contributed by atoms with E-state index in [4.69, 9.17) is 10.2 Å². The van der Waals surface area contributed by atoms with Crippen LogP contribution in [0.15, 0.2) is 0 Å². The summed E-state index contributed by atoms with van der Waals surface area (Å²) in [5.41, 5.74) is 5.44. The van der Waals surface area contributed by atoms with Gasteiger partial charge in [0.2, 0.25) is 0 Å². The summed E-state index contributed by atoms with van der Waals surface area (Å²) in [4.78, 5) is 0. The van der Waals surface area contributed by atoms with E-state index in [2.05, 4.69) is 0 Å². The van der Waals surface area contributed by atoms with Crippen LogP contribution >= 0.6 is 0 Å². The molecule has 4 heteroatoms. The third-order valence-electron chi connectivity index (χ3n) is 2.07. The van der Waals surface area contributed by atoms with E-state index in [9.17, 15) is 0 Å². The van der Waals surface area contributed by atoms with Crippen LogP contribution in [0.25, 0.3) is 0 Å². The Morgan fingerprint density at radius 2 is 2.50 bits per heavy atom. The molecule has 1 saturated heterocycles. The summed E-state index contributed by atoms with van der Waals surface area (Å²) in [6, 6.07) is 3.01. The minimum atomic E-state index is -0.307. The maximum absolute atomic E-state index is 5.54. The van der Waals surface area contributed by atoms with Gasteiger partial charge >= 0.3 is 0 Å². The van der Waals surface area contributed by atoms with Crippen LogP contribution in [0, 0.1) is 0 Å². The standard InChI is InChI=1S/C6H17NOSi2/c7-3-1-5-10-6-2-4-8-9-10/h10H,1-7,9H2. The summed E-state index contributed by atoms with van der Waals surface area (Å²) >= 11 is 0. The predicted molar refractivity (Wildman–Crippen MR) is 49.5 cm³/mol. The highest BCUT2D eigenvalue weighted by Crippen LogP contribution is 2.09. The molecular weight excluding hydrogens is 158 g/mol. The van der Waals surface area contributed by atoms with Crippen LogP contribution in [-0.2, 0) is 4.43 Å². The zero-order chi connectivity index (χ0) is 7.23. The van der Waals surface area contributed by atoms with Crippen LogP contribution in [0.1, 0.15) is 12.8 Å². The van der Waals surface area contributed by atoms with Crippen molar-refractivity contribution in [1.29, 1.82) is 0 Å². The first kappa shape index (κ1) is 8.45. The summed E-state index contributed by atoms with van der Waals surface area (Å²) < 4.78 is 5.54. The zero-order valence-electron chi connectivity index (χ0n) is 6.51. The van der Waals surface area contributed by atoms with Gasteiger partial charge in [-0.15, -0.1) is 0 Å². The molecule has 0 aromatic heterocycles. The van der Waals surface area contributed by atoms with Gasteiger partial charge in [-0.2, -0.15) is 0 Å². The summed E-state index contributed by atoms with van der Waals surface area (Å²) in [6.07, 6.45) is 2.60. The first-order valence-electron chi connectivity index (χ1n) is 4.21. The Morgan fingerprint density at radius 1 is 1.60 bits per heavy atom. The molecule has 1 aliphatic rings. The van der Waals surface area contributed by atoms with E-state index in [0.29, 0.717) is 0 Å². The summed E-state index contributed by atoms with van der Waals surface area (Å²) in [5, 5.41) is 0. The van der Waals surface area contributed by atoms with Crippen molar-refractivity contribution in [1.82, 2.24) is 0 Å². The van der Waals surface area contributed by atoms with Gasteiger partial charge in [-0.1, -0.05) is 12.1 Å². The van der Waals surface area contributed by atoms with Crippen LogP contribution in [0.2, 0.25) is 12.1 Å². The van der Waals surface area contributed by atoms with Crippen molar-refractivity contribution in [3.8, 4) is 0 Å². The highest BCUT2D eigenvalue weighted by Gasteiger charge is 2.14. The normalized spacial score (nSPS) is 29.1. The van der Waals surface area contributed by atoms with Crippen LogP contribution in [0.5, 0.6) is 0 Å². The van der Waals surface area contributed by atoms with E-state index in [1.54, 1.807) is 6.04 Å². The zero-order valence-corrected chi connectivity index (χ0v) is 9.08.